The summed E-state index contributed by atoms with van der Waals surface area (Å²) in [5.41, 5.74) is 2.03. The van der Waals surface area contributed by atoms with Crippen LogP contribution in [0, 0.1) is 12.8 Å². The minimum absolute atomic E-state index is 0.0929. The fourth-order valence-corrected chi connectivity index (χ4v) is 5.10. The molecular weight excluding hydrogens is 378 g/mol. The third-order valence-electron chi connectivity index (χ3n) is 5.08. The second-order valence-corrected chi connectivity index (χ2v) is 9.16. The predicted molar refractivity (Wildman–Crippen MR) is 103 cm³/mol. The molecule has 1 unspecified atom stereocenters. The summed E-state index contributed by atoms with van der Waals surface area (Å²) in [6.07, 6.45) is 5.32. The molecule has 1 aliphatic heterocycles. The highest BCUT2D eigenvalue weighted by molar-refractivity contribution is 7.89. The summed E-state index contributed by atoms with van der Waals surface area (Å²) in [4.78, 5) is 8.53. The van der Waals surface area contributed by atoms with Crippen molar-refractivity contribution in [3.63, 3.8) is 0 Å². The van der Waals surface area contributed by atoms with Gasteiger partial charge in [0.2, 0.25) is 11.7 Å². The van der Waals surface area contributed by atoms with Gasteiger partial charge in [-0.2, -0.15) is 9.29 Å². The lowest BCUT2D eigenvalue weighted by molar-refractivity contribution is 0.246. The Bertz CT molecular complexity index is 1070. The Balaban J connectivity index is 1.47. The summed E-state index contributed by atoms with van der Waals surface area (Å²) < 4.78 is 34.2. The molecule has 0 spiro atoms. The van der Waals surface area contributed by atoms with E-state index in [9.17, 15) is 8.42 Å². The Morgan fingerprint density at radius 2 is 2.11 bits per heavy atom. The number of imidazole rings is 1. The SMILES string of the molecule is Cc1ccccc1-c1noc(CC2CCCN(S(=O)(=O)c3cn(C)cn3)C2)n1. The second kappa shape index (κ2) is 7.48. The first-order valence-corrected chi connectivity index (χ1v) is 10.7. The number of benzene rings is 1. The Morgan fingerprint density at radius 3 is 2.86 bits per heavy atom. The van der Waals surface area contributed by atoms with Gasteiger partial charge in [-0.25, -0.2) is 13.4 Å². The average molecular weight is 401 g/mol. The highest BCUT2D eigenvalue weighted by atomic mass is 32.2. The Kier molecular flexibility index (Phi) is 5.03. The van der Waals surface area contributed by atoms with Crippen molar-refractivity contribution in [2.24, 2.45) is 13.0 Å². The maximum Gasteiger partial charge on any atom is 0.262 e. The van der Waals surface area contributed by atoms with Crippen LogP contribution in [0.1, 0.15) is 24.3 Å². The van der Waals surface area contributed by atoms with E-state index >= 15 is 0 Å². The van der Waals surface area contributed by atoms with Crippen LogP contribution in [0.4, 0.5) is 0 Å². The van der Waals surface area contributed by atoms with E-state index in [0.717, 1.165) is 24.0 Å². The van der Waals surface area contributed by atoms with Gasteiger partial charge in [0.15, 0.2) is 5.03 Å². The van der Waals surface area contributed by atoms with Gasteiger partial charge in [-0.1, -0.05) is 29.4 Å². The number of nitrogens with zero attached hydrogens (tertiary/aromatic N) is 5. The van der Waals surface area contributed by atoms with Crippen molar-refractivity contribution in [2.75, 3.05) is 13.1 Å². The predicted octanol–water partition coefficient (Wildman–Crippen LogP) is 2.42. The van der Waals surface area contributed by atoms with Crippen LogP contribution in [0.15, 0.2) is 46.3 Å². The lowest BCUT2D eigenvalue weighted by Gasteiger charge is -2.30. The summed E-state index contributed by atoms with van der Waals surface area (Å²) in [5, 5.41) is 4.19. The molecule has 148 valence electrons. The van der Waals surface area contributed by atoms with Crippen molar-refractivity contribution >= 4 is 10.0 Å². The van der Waals surface area contributed by atoms with Gasteiger partial charge in [0.25, 0.3) is 10.0 Å². The number of piperidine rings is 1. The van der Waals surface area contributed by atoms with Crippen LogP contribution in [0.3, 0.4) is 0 Å². The van der Waals surface area contributed by atoms with E-state index in [1.54, 1.807) is 11.6 Å². The smallest absolute Gasteiger partial charge is 0.262 e. The summed E-state index contributed by atoms with van der Waals surface area (Å²) in [6, 6.07) is 7.89. The maximum atomic E-state index is 12.8. The molecule has 1 aromatic carbocycles. The molecule has 28 heavy (non-hydrogen) atoms. The Morgan fingerprint density at radius 1 is 1.29 bits per heavy atom. The number of aryl methyl sites for hydroxylation is 2. The maximum absolute atomic E-state index is 12.8. The van der Waals surface area contributed by atoms with E-state index < -0.39 is 10.0 Å². The molecule has 0 amide bonds. The summed E-state index contributed by atoms with van der Waals surface area (Å²) in [6.45, 7) is 2.95. The van der Waals surface area contributed by atoms with Crippen LogP contribution < -0.4 is 0 Å². The first-order valence-electron chi connectivity index (χ1n) is 9.30. The molecule has 1 atom stereocenters. The minimum Gasteiger partial charge on any atom is -0.339 e. The third-order valence-corrected chi connectivity index (χ3v) is 6.84. The van der Waals surface area contributed by atoms with Crippen LogP contribution in [-0.4, -0.2) is 45.5 Å². The Labute approximate surface area is 164 Å². The molecule has 1 fully saturated rings. The first-order chi connectivity index (χ1) is 13.4. The molecule has 3 heterocycles. The molecule has 2 aromatic heterocycles. The molecule has 0 N–H and O–H groups in total. The zero-order valence-corrected chi connectivity index (χ0v) is 16.8. The van der Waals surface area contributed by atoms with Crippen molar-refractivity contribution in [3.05, 3.63) is 48.2 Å². The largest absolute Gasteiger partial charge is 0.339 e. The number of hydrogen-bond donors (Lipinski definition) is 0. The lowest BCUT2D eigenvalue weighted by atomic mass is 9.96. The van der Waals surface area contributed by atoms with E-state index in [2.05, 4.69) is 15.1 Å². The van der Waals surface area contributed by atoms with Gasteiger partial charge < -0.3 is 9.09 Å². The highest BCUT2D eigenvalue weighted by Gasteiger charge is 2.32. The summed E-state index contributed by atoms with van der Waals surface area (Å²) >= 11 is 0. The van der Waals surface area contributed by atoms with E-state index in [1.165, 1.54) is 16.8 Å². The topological polar surface area (TPSA) is 94.1 Å². The number of rotatable bonds is 5. The van der Waals surface area contributed by atoms with Gasteiger partial charge in [0.1, 0.15) is 0 Å². The number of sulfonamides is 1. The van der Waals surface area contributed by atoms with Crippen molar-refractivity contribution < 1.29 is 12.9 Å². The van der Waals surface area contributed by atoms with Crippen molar-refractivity contribution in [1.82, 2.24) is 24.0 Å². The summed E-state index contributed by atoms with van der Waals surface area (Å²) in [7, 11) is -1.82. The molecule has 1 aliphatic rings. The van der Waals surface area contributed by atoms with Gasteiger partial charge >= 0.3 is 0 Å². The minimum atomic E-state index is -3.58. The monoisotopic (exact) mass is 401 g/mol. The Hall–Kier alpha value is -2.52. The van der Waals surface area contributed by atoms with E-state index in [-0.39, 0.29) is 10.9 Å². The van der Waals surface area contributed by atoms with Gasteiger partial charge in [-0.15, -0.1) is 0 Å². The molecule has 0 bridgehead atoms. The first kappa shape index (κ1) is 18.8. The van der Waals surface area contributed by atoms with Crippen LogP contribution in [-0.2, 0) is 23.5 Å². The van der Waals surface area contributed by atoms with Crippen molar-refractivity contribution in [1.29, 1.82) is 0 Å². The molecule has 0 aliphatic carbocycles. The van der Waals surface area contributed by atoms with Gasteiger partial charge in [-0.3, -0.25) is 0 Å². The molecule has 0 radical (unpaired) electrons. The zero-order valence-electron chi connectivity index (χ0n) is 15.9. The average Bonchev–Trinajstić information content (AvgIpc) is 3.32. The van der Waals surface area contributed by atoms with E-state index in [0.29, 0.717) is 31.2 Å². The normalized spacial score (nSPS) is 18.4. The van der Waals surface area contributed by atoms with Crippen LogP contribution in [0.25, 0.3) is 11.4 Å². The lowest BCUT2D eigenvalue weighted by Crippen LogP contribution is -2.40. The zero-order chi connectivity index (χ0) is 19.7. The molecule has 0 saturated carbocycles. The fourth-order valence-electron chi connectivity index (χ4n) is 3.58. The fraction of sp³-hybridized carbons (Fsp3) is 0.421. The van der Waals surface area contributed by atoms with Crippen LogP contribution in [0.5, 0.6) is 0 Å². The molecule has 1 saturated heterocycles. The van der Waals surface area contributed by atoms with Gasteiger partial charge in [0.05, 0.1) is 6.33 Å². The van der Waals surface area contributed by atoms with Gasteiger partial charge in [0, 0.05) is 38.3 Å². The van der Waals surface area contributed by atoms with E-state index in [1.807, 2.05) is 31.2 Å². The standard InChI is InChI=1S/C19H23N5O3S/c1-14-6-3-4-8-16(14)19-21-17(27-22-19)10-15-7-5-9-24(11-15)28(25,26)18-12-23(2)13-20-18/h3-4,6,8,12-13,15H,5,7,9-11H2,1-2H3. The summed E-state index contributed by atoms with van der Waals surface area (Å²) in [5.74, 6) is 1.25. The molecule has 8 nitrogen and oxygen atoms in total. The quantitative estimate of drug-likeness (QED) is 0.652. The molecular formula is C19H23N5O3S. The van der Waals surface area contributed by atoms with Crippen LogP contribution in [0.2, 0.25) is 0 Å². The third kappa shape index (κ3) is 3.72. The number of aromatic nitrogens is 4. The van der Waals surface area contributed by atoms with E-state index in [4.69, 9.17) is 4.52 Å². The van der Waals surface area contributed by atoms with Crippen molar-refractivity contribution in [3.8, 4) is 11.4 Å². The molecule has 4 rings (SSSR count). The molecule has 9 heteroatoms. The highest BCUT2D eigenvalue weighted by Crippen LogP contribution is 2.26. The van der Waals surface area contributed by atoms with Crippen molar-refractivity contribution in [2.45, 2.75) is 31.2 Å². The van der Waals surface area contributed by atoms with Gasteiger partial charge in [-0.05, 0) is 31.2 Å². The number of hydrogen-bond acceptors (Lipinski definition) is 6. The van der Waals surface area contributed by atoms with Crippen LogP contribution >= 0.6 is 0 Å². The molecule has 3 aromatic rings. The second-order valence-electron chi connectivity index (χ2n) is 7.28.